The van der Waals surface area contributed by atoms with Crippen LogP contribution in [-0.4, -0.2) is 85.5 Å². The zero-order valence-corrected chi connectivity index (χ0v) is 21.2. The number of hydrogen-bond donors (Lipinski definition) is 1. The summed E-state index contributed by atoms with van der Waals surface area (Å²) in [6, 6.07) is 3.48. The summed E-state index contributed by atoms with van der Waals surface area (Å²) in [6.07, 6.45) is 6.56. The van der Waals surface area contributed by atoms with Crippen LogP contribution in [0, 0.1) is 5.92 Å². The van der Waals surface area contributed by atoms with Gasteiger partial charge in [0, 0.05) is 38.3 Å². The van der Waals surface area contributed by atoms with Crippen molar-refractivity contribution in [3.8, 4) is 0 Å². The molecule has 8 heteroatoms. The predicted octanol–water partition coefficient (Wildman–Crippen LogP) is 3.13. The Balaban J connectivity index is 0.00000320. The molecule has 1 aliphatic heterocycles. The first-order valence-electron chi connectivity index (χ1n) is 11.0. The number of aliphatic imine (C=N–C) groups is 1. The van der Waals surface area contributed by atoms with Crippen LogP contribution in [-0.2, 0) is 0 Å². The van der Waals surface area contributed by atoms with E-state index < -0.39 is 0 Å². The fraction of sp³-hybridized carbons (Fsp3) is 0.727. The monoisotopic (exact) mass is 531 g/mol. The molecule has 0 bridgehead atoms. The predicted molar refractivity (Wildman–Crippen MR) is 132 cm³/mol. The topological polar surface area (TPSA) is 64.3 Å². The van der Waals surface area contributed by atoms with Gasteiger partial charge in [-0.25, -0.2) is 0 Å². The van der Waals surface area contributed by atoms with Crippen molar-refractivity contribution >= 4 is 35.8 Å². The number of nitrogens with one attached hydrogen (secondary N) is 1. The Morgan fingerprint density at radius 2 is 2.00 bits per heavy atom. The van der Waals surface area contributed by atoms with Gasteiger partial charge in [-0.2, -0.15) is 0 Å². The van der Waals surface area contributed by atoms with Gasteiger partial charge < -0.3 is 24.4 Å². The van der Waals surface area contributed by atoms with Crippen molar-refractivity contribution < 1.29 is 9.21 Å². The zero-order chi connectivity index (χ0) is 20.9. The fourth-order valence-electron chi connectivity index (χ4n) is 4.65. The van der Waals surface area contributed by atoms with Crippen LogP contribution >= 0.6 is 24.0 Å². The number of furan rings is 1. The lowest BCUT2D eigenvalue weighted by molar-refractivity contribution is 0.0656. The van der Waals surface area contributed by atoms with Crippen molar-refractivity contribution in [1.82, 2.24) is 20.0 Å². The van der Waals surface area contributed by atoms with Crippen molar-refractivity contribution in [1.29, 1.82) is 0 Å². The van der Waals surface area contributed by atoms with Gasteiger partial charge in [-0.3, -0.25) is 9.79 Å². The van der Waals surface area contributed by atoms with Crippen molar-refractivity contribution in [2.45, 2.75) is 45.1 Å². The first kappa shape index (κ1) is 25.0. The van der Waals surface area contributed by atoms with E-state index in [2.05, 4.69) is 43.1 Å². The molecule has 1 N–H and O–H groups in total. The fourth-order valence-corrected chi connectivity index (χ4v) is 4.65. The van der Waals surface area contributed by atoms with E-state index in [4.69, 9.17) is 9.41 Å². The molecule has 2 atom stereocenters. The highest BCUT2D eigenvalue weighted by atomic mass is 127. The number of rotatable bonds is 5. The lowest BCUT2D eigenvalue weighted by Gasteiger charge is -2.44. The molecular formula is C22H38IN5O2. The minimum atomic E-state index is -0.0284. The van der Waals surface area contributed by atoms with Crippen molar-refractivity contribution in [2.24, 2.45) is 10.9 Å². The van der Waals surface area contributed by atoms with Gasteiger partial charge in [-0.15, -0.1) is 24.0 Å². The number of nitrogens with zero attached hydrogens (tertiary/aromatic N) is 4. The molecule has 2 unspecified atom stereocenters. The second-order valence-corrected chi connectivity index (χ2v) is 8.75. The third-order valence-corrected chi connectivity index (χ3v) is 6.47. The third-order valence-electron chi connectivity index (χ3n) is 6.47. The summed E-state index contributed by atoms with van der Waals surface area (Å²) < 4.78 is 5.26. The molecule has 7 nitrogen and oxygen atoms in total. The Morgan fingerprint density at radius 1 is 1.30 bits per heavy atom. The number of guanidine groups is 1. The molecule has 170 valence electrons. The lowest BCUT2D eigenvalue weighted by Crippen LogP contribution is -2.55. The summed E-state index contributed by atoms with van der Waals surface area (Å²) in [5.74, 6) is 2.11. The van der Waals surface area contributed by atoms with Crippen molar-refractivity contribution in [3.05, 3.63) is 24.2 Å². The standard InChI is InChI=1S/C22H37N5O2.HI/c1-5-23-21(24-17-22(25(3)4)10-6-8-18(2)16-22)27-13-11-26(12-14-27)20(28)19-9-7-15-29-19;/h7,9,15,18H,5-6,8,10-14,16-17H2,1-4H3,(H,23,24);1H. The van der Waals surface area contributed by atoms with Crippen LogP contribution in [0.5, 0.6) is 0 Å². The van der Waals surface area contributed by atoms with E-state index in [1.807, 2.05) is 4.90 Å². The molecule has 0 radical (unpaired) electrons. The van der Waals surface area contributed by atoms with Gasteiger partial charge in [0.15, 0.2) is 11.7 Å². The number of carbonyl (C=O) groups excluding carboxylic acids is 1. The normalized spacial score (nSPS) is 25.2. The quantitative estimate of drug-likeness (QED) is 0.360. The molecule has 0 spiro atoms. The first-order valence-corrected chi connectivity index (χ1v) is 11.0. The molecule has 2 heterocycles. The molecule has 3 rings (SSSR count). The minimum Gasteiger partial charge on any atom is -0.459 e. The van der Waals surface area contributed by atoms with Crippen LogP contribution in [0.1, 0.15) is 50.1 Å². The number of carbonyl (C=O) groups is 1. The summed E-state index contributed by atoms with van der Waals surface area (Å²) in [5, 5.41) is 3.47. The Kier molecular flexibility index (Phi) is 9.46. The zero-order valence-electron chi connectivity index (χ0n) is 18.9. The first-order chi connectivity index (χ1) is 13.9. The van der Waals surface area contributed by atoms with Crippen LogP contribution in [0.15, 0.2) is 27.8 Å². The summed E-state index contributed by atoms with van der Waals surface area (Å²) in [6.45, 7) is 9.05. The van der Waals surface area contributed by atoms with E-state index in [0.717, 1.165) is 38.1 Å². The third kappa shape index (κ3) is 5.90. The van der Waals surface area contributed by atoms with Gasteiger partial charge in [0.2, 0.25) is 0 Å². The van der Waals surface area contributed by atoms with Crippen LogP contribution < -0.4 is 5.32 Å². The maximum absolute atomic E-state index is 12.5. The average Bonchev–Trinajstić information content (AvgIpc) is 3.25. The van der Waals surface area contributed by atoms with Crippen LogP contribution in [0.4, 0.5) is 0 Å². The van der Waals surface area contributed by atoms with Crippen molar-refractivity contribution in [3.63, 3.8) is 0 Å². The van der Waals surface area contributed by atoms with E-state index in [9.17, 15) is 4.79 Å². The second-order valence-electron chi connectivity index (χ2n) is 8.75. The number of piperazine rings is 1. The summed E-state index contributed by atoms with van der Waals surface area (Å²) in [7, 11) is 4.39. The Morgan fingerprint density at radius 3 is 2.57 bits per heavy atom. The molecule has 30 heavy (non-hydrogen) atoms. The molecule has 1 aromatic heterocycles. The van der Waals surface area contributed by atoms with Gasteiger partial charge in [-0.1, -0.05) is 19.8 Å². The van der Waals surface area contributed by atoms with E-state index in [0.29, 0.717) is 18.8 Å². The van der Waals surface area contributed by atoms with Crippen molar-refractivity contribution in [2.75, 3.05) is 53.4 Å². The lowest BCUT2D eigenvalue weighted by atomic mass is 9.75. The Hall–Kier alpha value is -1.29. The Bertz CT molecular complexity index is 686. The number of amides is 1. The highest BCUT2D eigenvalue weighted by Crippen LogP contribution is 2.36. The molecule has 2 fully saturated rings. The molecule has 1 aliphatic carbocycles. The van der Waals surface area contributed by atoms with E-state index in [1.165, 1.54) is 25.7 Å². The van der Waals surface area contributed by atoms with Gasteiger partial charge in [-0.05, 0) is 51.9 Å². The molecule has 1 amide bonds. The summed E-state index contributed by atoms with van der Waals surface area (Å²) >= 11 is 0. The maximum Gasteiger partial charge on any atom is 0.289 e. The summed E-state index contributed by atoms with van der Waals surface area (Å²) in [5.41, 5.74) is 0.148. The molecule has 1 aromatic rings. The largest absolute Gasteiger partial charge is 0.459 e. The number of hydrogen-bond acceptors (Lipinski definition) is 4. The average molecular weight is 531 g/mol. The highest BCUT2D eigenvalue weighted by molar-refractivity contribution is 14.0. The molecule has 0 aromatic carbocycles. The summed E-state index contributed by atoms with van der Waals surface area (Å²) in [4.78, 5) is 24.1. The van der Waals surface area contributed by atoms with E-state index in [-0.39, 0.29) is 35.4 Å². The molecule has 1 saturated carbocycles. The maximum atomic E-state index is 12.5. The number of likely N-dealkylation sites (N-methyl/N-ethyl adjacent to an activating group) is 1. The van der Waals surface area contributed by atoms with Gasteiger partial charge in [0.25, 0.3) is 5.91 Å². The molecular weight excluding hydrogens is 493 g/mol. The van der Waals surface area contributed by atoms with Crippen LogP contribution in [0.25, 0.3) is 0 Å². The van der Waals surface area contributed by atoms with Crippen LogP contribution in [0.3, 0.4) is 0 Å². The molecule has 1 saturated heterocycles. The SMILES string of the molecule is CCNC(=NCC1(N(C)C)CCCC(C)C1)N1CCN(C(=O)c2ccco2)CC1.I. The van der Waals surface area contributed by atoms with E-state index in [1.54, 1.807) is 18.4 Å². The van der Waals surface area contributed by atoms with E-state index >= 15 is 0 Å². The van der Waals surface area contributed by atoms with Gasteiger partial charge in [0.1, 0.15) is 0 Å². The van der Waals surface area contributed by atoms with Crippen LogP contribution in [0.2, 0.25) is 0 Å². The van der Waals surface area contributed by atoms with Gasteiger partial charge >= 0.3 is 0 Å². The highest BCUT2D eigenvalue weighted by Gasteiger charge is 2.37. The second kappa shape index (κ2) is 11.4. The van der Waals surface area contributed by atoms with Gasteiger partial charge in [0.05, 0.1) is 12.8 Å². The molecule has 2 aliphatic rings. The number of halogens is 1. The Labute approximate surface area is 198 Å². The smallest absolute Gasteiger partial charge is 0.289 e. The minimum absolute atomic E-state index is 0.